The van der Waals surface area contributed by atoms with Crippen LogP contribution in [0.2, 0.25) is 0 Å². The maximum Gasteiger partial charge on any atom is 0 e. The molecular formula is C12H26Pt. The van der Waals surface area contributed by atoms with Gasteiger partial charge in [-0.1, -0.05) is 66.2 Å². The van der Waals surface area contributed by atoms with Crippen LogP contribution in [0.25, 0.3) is 0 Å². The largest absolute Gasteiger partial charge is 0.0654 e. The van der Waals surface area contributed by atoms with E-state index in [1.54, 1.807) is 0 Å². The van der Waals surface area contributed by atoms with Crippen LogP contribution < -0.4 is 0 Å². The van der Waals surface area contributed by atoms with E-state index in [1.807, 2.05) is 0 Å². The van der Waals surface area contributed by atoms with Gasteiger partial charge in [0, 0.05) is 21.1 Å². The van der Waals surface area contributed by atoms with Gasteiger partial charge in [-0.3, -0.25) is 0 Å². The van der Waals surface area contributed by atoms with Crippen LogP contribution in [0.5, 0.6) is 0 Å². The smallest absolute Gasteiger partial charge is 0 e. The summed E-state index contributed by atoms with van der Waals surface area (Å²) in [7, 11) is 0. The molecule has 0 aliphatic heterocycles. The molecule has 0 N–H and O–H groups in total. The first-order chi connectivity index (χ1) is 5.72. The standard InChI is InChI=1S/C7H14.C5H12.Pt/c1-6-4-3-5-7(6)2;1-3-5-4-2;/h6-7H,3-5H2,1-2H3;3-5H2,1-2H3;. The van der Waals surface area contributed by atoms with Crippen LogP contribution in [0.15, 0.2) is 0 Å². The minimum atomic E-state index is 0. The van der Waals surface area contributed by atoms with E-state index in [0.29, 0.717) is 0 Å². The Balaban J connectivity index is 0. The van der Waals surface area contributed by atoms with Gasteiger partial charge in [-0.25, -0.2) is 0 Å². The summed E-state index contributed by atoms with van der Waals surface area (Å²) in [6.07, 6.45) is 8.50. The molecule has 0 heterocycles. The summed E-state index contributed by atoms with van der Waals surface area (Å²) in [4.78, 5) is 0. The molecule has 1 heteroatoms. The molecule has 1 fully saturated rings. The van der Waals surface area contributed by atoms with Crippen LogP contribution in [-0.4, -0.2) is 0 Å². The molecule has 0 aromatic rings. The maximum atomic E-state index is 2.36. The Morgan fingerprint density at radius 2 is 1.31 bits per heavy atom. The summed E-state index contributed by atoms with van der Waals surface area (Å²) in [6.45, 7) is 9.14. The van der Waals surface area contributed by atoms with Crippen molar-refractivity contribution in [2.45, 2.75) is 66.2 Å². The molecule has 0 radical (unpaired) electrons. The molecule has 0 aromatic carbocycles. The number of unbranched alkanes of at least 4 members (excludes halogenated alkanes) is 2. The number of hydrogen-bond acceptors (Lipinski definition) is 0. The predicted molar refractivity (Wildman–Crippen MR) is 57.4 cm³/mol. The zero-order valence-corrected chi connectivity index (χ0v) is 12.0. The summed E-state index contributed by atoms with van der Waals surface area (Å²) in [6, 6.07) is 0. The van der Waals surface area contributed by atoms with Crippen molar-refractivity contribution in [1.29, 1.82) is 0 Å². The van der Waals surface area contributed by atoms with Crippen LogP contribution in [0, 0.1) is 11.8 Å². The van der Waals surface area contributed by atoms with Crippen molar-refractivity contribution in [2.24, 2.45) is 11.8 Å². The minimum Gasteiger partial charge on any atom is -0.0654 e. The molecule has 1 saturated carbocycles. The molecule has 1 aliphatic carbocycles. The molecule has 0 bridgehead atoms. The predicted octanol–water partition coefficient (Wildman–Crippen LogP) is 4.64. The number of rotatable bonds is 2. The Labute approximate surface area is 99.1 Å². The number of hydrogen-bond donors (Lipinski definition) is 0. The van der Waals surface area contributed by atoms with Crippen molar-refractivity contribution in [1.82, 2.24) is 0 Å². The first kappa shape index (κ1) is 16.1. The third-order valence-corrected chi connectivity index (χ3v) is 3.00. The normalized spacial score (nSPS) is 25.8. The van der Waals surface area contributed by atoms with Gasteiger partial charge in [0.15, 0.2) is 0 Å². The molecule has 2 atom stereocenters. The van der Waals surface area contributed by atoms with E-state index in [4.69, 9.17) is 0 Å². The summed E-state index contributed by atoms with van der Waals surface area (Å²) >= 11 is 0. The van der Waals surface area contributed by atoms with E-state index in [0.717, 1.165) is 11.8 Å². The monoisotopic (exact) mass is 365 g/mol. The summed E-state index contributed by atoms with van der Waals surface area (Å²) in [5.74, 6) is 2.03. The van der Waals surface area contributed by atoms with E-state index in [2.05, 4.69) is 27.7 Å². The van der Waals surface area contributed by atoms with Gasteiger partial charge in [-0.15, -0.1) is 0 Å². The second-order valence-electron chi connectivity index (χ2n) is 4.24. The zero-order valence-electron chi connectivity index (χ0n) is 9.71. The molecular weight excluding hydrogens is 339 g/mol. The van der Waals surface area contributed by atoms with Crippen molar-refractivity contribution >= 4 is 0 Å². The van der Waals surface area contributed by atoms with Gasteiger partial charge in [-0.2, -0.15) is 0 Å². The molecule has 0 aromatic heterocycles. The second kappa shape index (κ2) is 10.8. The molecule has 0 spiro atoms. The van der Waals surface area contributed by atoms with Crippen LogP contribution in [0.3, 0.4) is 0 Å². The van der Waals surface area contributed by atoms with Gasteiger partial charge in [-0.05, 0) is 11.8 Å². The first-order valence-electron chi connectivity index (χ1n) is 5.72. The van der Waals surface area contributed by atoms with E-state index in [-0.39, 0.29) is 21.1 Å². The van der Waals surface area contributed by atoms with E-state index in [9.17, 15) is 0 Å². The Hall–Kier alpha value is 0.688. The average Bonchev–Trinajstić information content (AvgIpc) is 2.39. The third kappa shape index (κ3) is 9.00. The van der Waals surface area contributed by atoms with E-state index >= 15 is 0 Å². The Kier molecular flexibility index (Phi) is 13.4. The van der Waals surface area contributed by atoms with E-state index in [1.165, 1.54) is 38.5 Å². The summed E-state index contributed by atoms with van der Waals surface area (Å²) < 4.78 is 0. The first-order valence-corrected chi connectivity index (χ1v) is 5.72. The molecule has 1 aliphatic rings. The summed E-state index contributed by atoms with van der Waals surface area (Å²) in [5, 5.41) is 0. The van der Waals surface area contributed by atoms with Crippen molar-refractivity contribution in [3.8, 4) is 0 Å². The van der Waals surface area contributed by atoms with Gasteiger partial charge in [0.25, 0.3) is 0 Å². The Morgan fingerprint density at radius 3 is 1.38 bits per heavy atom. The fourth-order valence-electron chi connectivity index (χ4n) is 1.68. The van der Waals surface area contributed by atoms with Crippen molar-refractivity contribution < 1.29 is 21.1 Å². The summed E-state index contributed by atoms with van der Waals surface area (Å²) in [5.41, 5.74) is 0. The zero-order chi connectivity index (χ0) is 9.40. The molecule has 84 valence electrons. The van der Waals surface area contributed by atoms with Crippen LogP contribution in [0.1, 0.15) is 66.2 Å². The van der Waals surface area contributed by atoms with Gasteiger partial charge in [0.2, 0.25) is 0 Å². The fourth-order valence-corrected chi connectivity index (χ4v) is 1.68. The van der Waals surface area contributed by atoms with Crippen molar-refractivity contribution in [3.05, 3.63) is 0 Å². The minimum absolute atomic E-state index is 0. The van der Waals surface area contributed by atoms with E-state index < -0.39 is 0 Å². The van der Waals surface area contributed by atoms with Crippen molar-refractivity contribution in [3.63, 3.8) is 0 Å². The van der Waals surface area contributed by atoms with Crippen LogP contribution in [0.4, 0.5) is 0 Å². The van der Waals surface area contributed by atoms with Crippen molar-refractivity contribution in [2.75, 3.05) is 0 Å². The fraction of sp³-hybridized carbons (Fsp3) is 1.00. The Bertz CT molecular complexity index is 81.1. The Morgan fingerprint density at radius 1 is 0.923 bits per heavy atom. The van der Waals surface area contributed by atoms with Crippen LogP contribution in [-0.2, 0) is 21.1 Å². The molecule has 13 heavy (non-hydrogen) atoms. The van der Waals surface area contributed by atoms with Gasteiger partial charge in [0.05, 0.1) is 0 Å². The molecule has 1 rings (SSSR count). The topological polar surface area (TPSA) is 0 Å². The molecule has 2 unspecified atom stereocenters. The van der Waals surface area contributed by atoms with Crippen LogP contribution >= 0.6 is 0 Å². The average molecular weight is 365 g/mol. The second-order valence-corrected chi connectivity index (χ2v) is 4.24. The van der Waals surface area contributed by atoms with Gasteiger partial charge in [0.1, 0.15) is 0 Å². The third-order valence-electron chi connectivity index (χ3n) is 3.00. The molecule has 0 saturated heterocycles. The quantitative estimate of drug-likeness (QED) is 0.669. The SMILES string of the molecule is CC1CCCC1C.CCCCC.[Pt]. The van der Waals surface area contributed by atoms with Gasteiger partial charge < -0.3 is 0 Å². The van der Waals surface area contributed by atoms with Gasteiger partial charge >= 0.3 is 0 Å². The maximum absolute atomic E-state index is 2.36. The molecule has 0 nitrogen and oxygen atoms in total. The molecule has 0 amide bonds.